The molecule has 0 bridgehead atoms. The number of carbonyl (C=O) groups is 2. The van der Waals surface area contributed by atoms with Gasteiger partial charge >= 0.3 is 0 Å². The Morgan fingerprint density at radius 3 is 2.46 bits per heavy atom. The number of piperidine rings is 1. The topological polar surface area (TPSA) is 65.2 Å². The van der Waals surface area contributed by atoms with Crippen LogP contribution in [0.1, 0.15) is 58.8 Å². The zero-order chi connectivity index (χ0) is 17.9. The van der Waals surface area contributed by atoms with Crippen LogP contribution >= 0.6 is 0 Å². The van der Waals surface area contributed by atoms with Crippen LogP contribution in [-0.2, 0) is 6.42 Å². The molecule has 1 aromatic rings. The van der Waals surface area contributed by atoms with Crippen LogP contribution in [0.15, 0.2) is 0 Å². The molecule has 1 aliphatic heterocycles. The van der Waals surface area contributed by atoms with Gasteiger partial charge < -0.3 is 10.3 Å². The highest BCUT2D eigenvalue weighted by Crippen LogP contribution is 2.21. The molecule has 2 rings (SSSR count). The molecule has 134 valence electrons. The van der Waals surface area contributed by atoms with Crippen LogP contribution in [0.2, 0.25) is 0 Å². The van der Waals surface area contributed by atoms with Crippen molar-refractivity contribution in [2.45, 2.75) is 52.5 Å². The molecule has 0 aliphatic carbocycles. The molecule has 24 heavy (non-hydrogen) atoms. The van der Waals surface area contributed by atoms with Crippen molar-refractivity contribution in [1.29, 1.82) is 0 Å². The van der Waals surface area contributed by atoms with Gasteiger partial charge in [-0.3, -0.25) is 14.5 Å². The smallest absolute Gasteiger partial charge is 0.268 e. The standard InChI is InChI=1S/C17H25F2N3O2/c1-4-13-15(11(3)23)10(2)20-16(13)17(24)21-12-5-7-22(8-6-12)9-14(18)19/h12,14,20H,4-9H2,1-3H3,(H,21,24). The average molecular weight is 341 g/mol. The average Bonchev–Trinajstić information content (AvgIpc) is 2.85. The number of likely N-dealkylation sites (tertiary alicyclic amines) is 1. The fourth-order valence-corrected chi connectivity index (χ4v) is 3.41. The van der Waals surface area contributed by atoms with E-state index in [-0.39, 0.29) is 24.3 Å². The number of aromatic nitrogens is 1. The Bertz CT molecular complexity index is 605. The van der Waals surface area contributed by atoms with Crippen molar-refractivity contribution in [3.05, 3.63) is 22.5 Å². The minimum atomic E-state index is -2.32. The van der Waals surface area contributed by atoms with E-state index in [0.29, 0.717) is 49.3 Å². The number of alkyl halides is 2. The van der Waals surface area contributed by atoms with E-state index in [2.05, 4.69) is 10.3 Å². The van der Waals surface area contributed by atoms with Crippen LogP contribution in [0.3, 0.4) is 0 Å². The number of nitrogens with zero attached hydrogens (tertiary/aromatic N) is 1. The Hall–Kier alpha value is -1.76. The number of aromatic amines is 1. The molecule has 0 radical (unpaired) electrons. The molecule has 2 N–H and O–H groups in total. The number of hydrogen-bond acceptors (Lipinski definition) is 3. The first-order valence-corrected chi connectivity index (χ1v) is 8.37. The van der Waals surface area contributed by atoms with E-state index in [1.807, 2.05) is 6.92 Å². The minimum Gasteiger partial charge on any atom is -0.354 e. The molecule has 0 aromatic carbocycles. The summed E-state index contributed by atoms with van der Waals surface area (Å²) in [5, 5.41) is 2.97. The fraction of sp³-hybridized carbons (Fsp3) is 0.647. The molecule has 1 saturated heterocycles. The summed E-state index contributed by atoms with van der Waals surface area (Å²) in [5.41, 5.74) is 2.48. The summed E-state index contributed by atoms with van der Waals surface area (Å²) in [6.07, 6.45) is -0.428. The number of amides is 1. The SMILES string of the molecule is CCc1c(C(=O)NC2CCN(CC(F)F)CC2)[nH]c(C)c1C(C)=O. The molecule has 1 fully saturated rings. The Morgan fingerprint density at radius 2 is 1.96 bits per heavy atom. The van der Waals surface area contributed by atoms with E-state index in [0.717, 1.165) is 5.56 Å². The molecule has 1 aromatic heterocycles. The lowest BCUT2D eigenvalue weighted by molar-refractivity contribution is 0.0695. The molecule has 0 atom stereocenters. The van der Waals surface area contributed by atoms with Gasteiger partial charge in [0.05, 0.1) is 6.54 Å². The van der Waals surface area contributed by atoms with E-state index < -0.39 is 6.43 Å². The van der Waals surface area contributed by atoms with Crippen LogP contribution < -0.4 is 5.32 Å². The van der Waals surface area contributed by atoms with Crippen molar-refractivity contribution in [3.63, 3.8) is 0 Å². The Balaban J connectivity index is 2.01. The van der Waals surface area contributed by atoms with Crippen LogP contribution in [0.4, 0.5) is 8.78 Å². The second-order valence-electron chi connectivity index (χ2n) is 6.33. The number of hydrogen-bond donors (Lipinski definition) is 2. The van der Waals surface area contributed by atoms with Gasteiger partial charge in [0.25, 0.3) is 12.3 Å². The molecule has 2 heterocycles. The van der Waals surface area contributed by atoms with E-state index in [9.17, 15) is 18.4 Å². The highest BCUT2D eigenvalue weighted by molar-refractivity contribution is 6.02. The molecule has 5 nitrogen and oxygen atoms in total. The van der Waals surface area contributed by atoms with Gasteiger partial charge in [0.15, 0.2) is 5.78 Å². The largest absolute Gasteiger partial charge is 0.354 e. The van der Waals surface area contributed by atoms with Crippen molar-refractivity contribution in [1.82, 2.24) is 15.2 Å². The van der Waals surface area contributed by atoms with Gasteiger partial charge in [-0.1, -0.05) is 6.92 Å². The van der Waals surface area contributed by atoms with E-state index in [4.69, 9.17) is 0 Å². The lowest BCUT2D eigenvalue weighted by atomic mass is 10.0. The van der Waals surface area contributed by atoms with E-state index in [1.54, 1.807) is 11.8 Å². The Labute approximate surface area is 140 Å². The molecule has 1 amide bonds. The van der Waals surface area contributed by atoms with Gasteiger partial charge in [0, 0.05) is 30.4 Å². The summed E-state index contributed by atoms with van der Waals surface area (Å²) in [6.45, 7) is 6.09. The van der Waals surface area contributed by atoms with Gasteiger partial charge in [0.2, 0.25) is 0 Å². The predicted molar refractivity (Wildman–Crippen MR) is 87.8 cm³/mol. The first-order chi connectivity index (χ1) is 11.3. The molecule has 0 saturated carbocycles. The normalized spacial score (nSPS) is 16.6. The molecule has 0 unspecified atom stereocenters. The molecular weight excluding hydrogens is 316 g/mol. The van der Waals surface area contributed by atoms with Gasteiger partial charge in [-0.15, -0.1) is 0 Å². The maximum absolute atomic E-state index is 12.6. The summed E-state index contributed by atoms with van der Waals surface area (Å²) < 4.78 is 24.8. The van der Waals surface area contributed by atoms with Crippen LogP contribution in [0.5, 0.6) is 0 Å². The number of H-pyrrole nitrogens is 1. The molecular formula is C17H25F2N3O2. The first-order valence-electron chi connectivity index (χ1n) is 8.37. The maximum atomic E-state index is 12.6. The van der Waals surface area contributed by atoms with Crippen molar-refractivity contribution in [2.75, 3.05) is 19.6 Å². The van der Waals surface area contributed by atoms with E-state index >= 15 is 0 Å². The molecule has 7 heteroatoms. The molecule has 0 spiro atoms. The monoisotopic (exact) mass is 341 g/mol. The number of halogens is 2. The number of nitrogens with one attached hydrogen (secondary N) is 2. The third-order valence-electron chi connectivity index (χ3n) is 4.54. The number of rotatable bonds is 6. The Kier molecular flexibility index (Phi) is 6.10. The quantitative estimate of drug-likeness (QED) is 0.782. The lowest BCUT2D eigenvalue weighted by Crippen LogP contribution is -2.46. The second kappa shape index (κ2) is 7.88. The second-order valence-corrected chi connectivity index (χ2v) is 6.33. The zero-order valence-electron chi connectivity index (χ0n) is 14.4. The van der Waals surface area contributed by atoms with Crippen molar-refractivity contribution < 1.29 is 18.4 Å². The fourth-order valence-electron chi connectivity index (χ4n) is 3.41. The maximum Gasteiger partial charge on any atom is 0.268 e. The van der Waals surface area contributed by atoms with Crippen LogP contribution in [0, 0.1) is 6.92 Å². The number of aryl methyl sites for hydroxylation is 1. The number of ketones is 1. The van der Waals surface area contributed by atoms with Gasteiger partial charge in [-0.25, -0.2) is 8.78 Å². The van der Waals surface area contributed by atoms with Gasteiger partial charge in [0.1, 0.15) is 5.69 Å². The first kappa shape index (κ1) is 18.6. The van der Waals surface area contributed by atoms with Crippen LogP contribution in [-0.4, -0.2) is 53.7 Å². The van der Waals surface area contributed by atoms with E-state index in [1.165, 1.54) is 6.92 Å². The third-order valence-corrected chi connectivity index (χ3v) is 4.54. The summed E-state index contributed by atoms with van der Waals surface area (Å²) in [4.78, 5) is 29.1. The number of carbonyl (C=O) groups excluding carboxylic acids is 2. The summed E-state index contributed by atoms with van der Waals surface area (Å²) in [7, 11) is 0. The zero-order valence-corrected chi connectivity index (χ0v) is 14.4. The summed E-state index contributed by atoms with van der Waals surface area (Å²) in [6, 6.07) is -0.0273. The van der Waals surface area contributed by atoms with Crippen molar-refractivity contribution in [3.8, 4) is 0 Å². The summed E-state index contributed by atoms with van der Waals surface area (Å²) in [5.74, 6) is -0.283. The lowest BCUT2D eigenvalue weighted by Gasteiger charge is -2.32. The van der Waals surface area contributed by atoms with Gasteiger partial charge in [-0.05, 0) is 38.7 Å². The highest BCUT2D eigenvalue weighted by atomic mass is 19.3. The third kappa shape index (κ3) is 4.20. The van der Waals surface area contributed by atoms with Crippen molar-refractivity contribution in [2.24, 2.45) is 0 Å². The Morgan fingerprint density at radius 1 is 1.33 bits per heavy atom. The number of Topliss-reactive ketones (excluding diaryl/α,β-unsaturated/α-hetero) is 1. The minimum absolute atomic E-state index is 0.0273. The molecule has 1 aliphatic rings. The highest BCUT2D eigenvalue weighted by Gasteiger charge is 2.26. The van der Waals surface area contributed by atoms with Crippen molar-refractivity contribution >= 4 is 11.7 Å². The summed E-state index contributed by atoms with van der Waals surface area (Å²) >= 11 is 0. The van der Waals surface area contributed by atoms with Crippen LogP contribution in [0.25, 0.3) is 0 Å². The van der Waals surface area contributed by atoms with Gasteiger partial charge in [-0.2, -0.15) is 0 Å². The predicted octanol–water partition coefficient (Wildman–Crippen LogP) is 2.55.